The van der Waals surface area contributed by atoms with E-state index in [1.807, 2.05) is 24.3 Å². The molecule has 0 N–H and O–H groups in total. The molecule has 0 aliphatic heterocycles. The summed E-state index contributed by atoms with van der Waals surface area (Å²) >= 11 is 12.1. The van der Waals surface area contributed by atoms with Crippen LogP contribution in [0.3, 0.4) is 0 Å². The Labute approximate surface area is 183 Å². The lowest BCUT2D eigenvalue weighted by atomic mass is 10.1. The SMILES string of the molecule is O=C(C=Cc1ccc([N+](=O)[O-])cc1)N(Cc1ccc(Cl)c(Cl)c1)Cc1ccccn1. The van der Waals surface area contributed by atoms with Crippen molar-refractivity contribution in [3.8, 4) is 0 Å². The van der Waals surface area contributed by atoms with Gasteiger partial charge in [0.05, 0.1) is 27.2 Å². The Morgan fingerprint density at radius 3 is 2.43 bits per heavy atom. The third-order valence-corrected chi connectivity index (χ3v) is 5.01. The lowest BCUT2D eigenvalue weighted by Gasteiger charge is -2.21. The van der Waals surface area contributed by atoms with E-state index in [0.717, 1.165) is 11.3 Å². The fourth-order valence-electron chi connectivity index (χ4n) is 2.74. The van der Waals surface area contributed by atoms with Crippen molar-refractivity contribution in [2.45, 2.75) is 13.1 Å². The van der Waals surface area contributed by atoms with Crippen LogP contribution in [0.4, 0.5) is 5.69 Å². The average Bonchev–Trinajstić information content (AvgIpc) is 2.75. The number of hydrogen-bond donors (Lipinski definition) is 0. The Hall–Kier alpha value is -3.22. The lowest BCUT2D eigenvalue weighted by molar-refractivity contribution is -0.384. The summed E-state index contributed by atoms with van der Waals surface area (Å²) in [5.41, 5.74) is 2.25. The molecule has 0 radical (unpaired) electrons. The number of hydrogen-bond acceptors (Lipinski definition) is 4. The number of nitrogens with zero attached hydrogens (tertiary/aromatic N) is 3. The van der Waals surface area contributed by atoms with E-state index in [0.29, 0.717) is 28.7 Å². The number of benzene rings is 2. The standard InChI is InChI=1S/C22H17Cl2N3O3/c23-20-10-6-17(13-21(20)24)14-26(15-18-3-1-2-12-25-18)22(28)11-7-16-4-8-19(9-5-16)27(29)30/h1-13H,14-15H2. The zero-order chi connectivity index (χ0) is 21.5. The van der Waals surface area contributed by atoms with E-state index in [4.69, 9.17) is 23.2 Å². The van der Waals surface area contributed by atoms with Crippen LogP contribution in [0.15, 0.2) is 72.9 Å². The van der Waals surface area contributed by atoms with E-state index in [1.54, 1.807) is 41.4 Å². The van der Waals surface area contributed by atoms with Crippen LogP contribution in [0.2, 0.25) is 10.0 Å². The first-order valence-corrected chi connectivity index (χ1v) is 9.73. The summed E-state index contributed by atoms with van der Waals surface area (Å²) < 4.78 is 0. The second-order valence-electron chi connectivity index (χ2n) is 6.45. The van der Waals surface area contributed by atoms with Crippen LogP contribution in [-0.4, -0.2) is 20.7 Å². The van der Waals surface area contributed by atoms with Crippen molar-refractivity contribution < 1.29 is 9.72 Å². The average molecular weight is 442 g/mol. The number of nitro groups is 1. The topological polar surface area (TPSA) is 76.3 Å². The van der Waals surface area contributed by atoms with Crippen LogP contribution in [0.5, 0.6) is 0 Å². The van der Waals surface area contributed by atoms with Gasteiger partial charge in [-0.05, 0) is 53.6 Å². The Morgan fingerprint density at radius 1 is 1.03 bits per heavy atom. The normalized spacial score (nSPS) is 10.9. The second-order valence-corrected chi connectivity index (χ2v) is 7.26. The molecule has 0 aliphatic rings. The molecule has 3 rings (SSSR count). The quantitative estimate of drug-likeness (QED) is 0.274. The van der Waals surface area contributed by atoms with Gasteiger partial charge in [-0.25, -0.2) is 0 Å². The van der Waals surface area contributed by atoms with Crippen LogP contribution in [0.1, 0.15) is 16.8 Å². The number of rotatable bonds is 7. The van der Waals surface area contributed by atoms with Crippen molar-refractivity contribution in [1.29, 1.82) is 0 Å². The van der Waals surface area contributed by atoms with E-state index >= 15 is 0 Å². The summed E-state index contributed by atoms with van der Waals surface area (Å²) in [6, 6.07) is 16.7. The Morgan fingerprint density at radius 2 is 1.80 bits per heavy atom. The number of pyridine rings is 1. The number of nitro benzene ring substituents is 1. The Balaban J connectivity index is 1.79. The zero-order valence-electron chi connectivity index (χ0n) is 15.7. The minimum absolute atomic E-state index is 0.00475. The highest BCUT2D eigenvalue weighted by molar-refractivity contribution is 6.42. The van der Waals surface area contributed by atoms with Gasteiger partial charge in [-0.3, -0.25) is 19.9 Å². The predicted molar refractivity (Wildman–Crippen MR) is 117 cm³/mol. The molecule has 8 heteroatoms. The fraction of sp³-hybridized carbons (Fsp3) is 0.0909. The third kappa shape index (κ3) is 5.89. The van der Waals surface area contributed by atoms with Crippen LogP contribution >= 0.6 is 23.2 Å². The van der Waals surface area contributed by atoms with Gasteiger partial charge in [-0.15, -0.1) is 0 Å². The van der Waals surface area contributed by atoms with Crippen molar-refractivity contribution in [2.75, 3.05) is 0 Å². The molecule has 30 heavy (non-hydrogen) atoms. The largest absolute Gasteiger partial charge is 0.329 e. The van der Waals surface area contributed by atoms with Gasteiger partial charge in [0.25, 0.3) is 5.69 Å². The molecule has 2 aromatic carbocycles. The first-order valence-electron chi connectivity index (χ1n) is 8.97. The molecule has 0 fully saturated rings. The fourth-order valence-corrected chi connectivity index (χ4v) is 3.06. The molecule has 0 atom stereocenters. The van der Waals surface area contributed by atoms with Gasteiger partial charge in [0.15, 0.2) is 0 Å². The maximum atomic E-state index is 12.9. The summed E-state index contributed by atoms with van der Waals surface area (Å²) in [6.07, 6.45) is 4.72. The molecular weight excluding hydrogens is 425 g/mol. The highest BCUT2D eigenvalue weighted by atomic mass is 35.5. The number of non-ortho nitro benzene ring substituents is 1. The van der Waals surface area contributed by atoms with Gasteiger partial charge < -0.3 is 4.90 Å². The molecule has 1 amide bonds. The van der Waals surface area contributed by atoms with Gasteiger partial charge in [0, 0.05) is 31.0 Å². The van der Waals surface area contributed by atoms with Crippen molar-refractivity contribution in [3.05, 3.63) is 110 Å². The van der Waals surface area contributed by atoms with Crippen molar-refractivity contribution >= 4 is 40.9 Å². The molecule has 6 nitrogen and oxygen atoms in total. The minimum Gasteiger partial charge on any atom is -0.329 e. The summed E-state index contributed by atoms with van der Waals surface area (Å²) in [7, 11) is 0. The number of halogens is 2. The van der Waals surface area contributed by atoms with E-state index in [1.165, 1.54) is 18.2 Å². The van der Waals surface area contributed by atoms with Crippen molar-refractivity contribution in [1.82, 2.24) is 9.88 Å². The third-order valence-electron chi connectivity index (χ3n) is 4.27. The van der Waals surface area contributed by atoms with Gasteiger partial charge in [0.1, 0.15) is 0 Å². The first kappa shape index (κ1) is 21.5. The van der Waals surface area contributed by atoms with Gasteiger partial charge in [-0.2, -0.15) is 0 Å². The van der Waals surface area contributed by atoms with E-state index in [9.17, 15) is 14.9 Å². The maximum absolute atomic E-state index is 12.9. The van der Waals surface area contributed by atoms with Gasteiger partial charge in [-0.1, -0.05) is 35.3 Å². The van der Waals surface area contributed by atoms with Crippen molar-refractivity contribution in [2.24, 2.45) is 0 Å². The first-order chi connectivity index (χ1) is 14.4. The molecule has 3 aromatic rings. The second kappa shape index (κ2) is 10.0. The maximum Gasteiger partial charge on any atom is 0.269 e. The summed E-state index contributed by atoms with van der Waals surface area (Å²) in [6.45, 7) is 0.626. The number of aromatic nitrogens is 1. The van der Waals surface area contributed by atoms with Crippen LogP contribution in [0, 0.1) is 10.1 Å². The van der Waals surface area contributed by atoms with Gasteiger partial charge >= 0.3 is 0 Å². The predicted octanol–water partition coefficient (Wildman–Crippen LogP) is 5.54. The summed E-state index contributed by atoms with van der Waals surface area (Å²) in [5.74, 6) is -0.231. The molecule has 0 aliphatic carbocycles. The van der Waals surface area contributed by atoms with Crippen LogP contribution in [-0.2, 0) is 17.9 Å². The zero-order valence-corrected chi connectivity index (χ0v) is 17.3. The van der Waals surface area contributed by atoms with Gasteiger partial charge in [0.2, 0.25) is 5.91 Å². The Bertz CT molecular complexity index is 1070. The Kier molecular flexibility index (Phi) is 7.17. The molecule has 152 valence electrons. The van der Waals surface area contributed by atoms with E-state index in [2.05, 4.69) is 4.98 Å². The molecule has 0 saturated carbocycles. The molecular formula is C22H17Cl2N3O3. The summed E-state index contributed by atoms with van der Waals surface area (Å²) in [4.78, 5) is 29.1. The monoisotopic (exact) mass is 441 g/mol. The summed E-state index contributed by atoms with van der Waals surface area (Å²) in [5, 5.41) is 11.6. The molecule has 1 aromatic heterocycles. The van der Waals surface area contributed by atoms with Crippen molar-refractivity contribution in [3.63, 3.8) is 0 Å². The molecule has 0 saturated heterocycles. The number of carbonyl (C=O) groups is 1. The van der Waals surface area contributed by atoms with E-state index in [-0.39, 0.29) is 11.6 Å². The molecule has 0 unspecified atom stereocenters. The molecule has 0 bridgehead atoms. The smallest absolute Gasteiger partial charge is 0.269 e. The minimum atomic E-state index is -0.468. The van der Waals surface area contributed by atoms with Crippen LogP contribution in [0.25, 0.3) is 6.08 Å². The number of carbonyl (C=O) groups excluding carboxylic acids is 1. The lowest BCUT2D eigenvalue weighted by Crippen LogP contribution is -2.28. The molecule has 0 spiro atoms. The van der Waals surface area contributed by atoms with Crippen LogP contribution < -0.4 is 0 Å². The van der Waals surface area contributed by atoms with E-state index < -0.39 is 4.92 Å². The highest BCUT2D eigenvalue weighted by Crippen LogP contribution is 2.23. The molecule has 1 heterocycles. The highest BCUT2D eigenvalue weighted by Gasteiger charge is 2.14. The number of amides is 1.